The van der Waals surface area contributed by atoms with Crippen LogP contribution >= 0.6 is 0 Å². The molecule has 0 bridgehead atoms. The topological polar surface area (TPSA) is 35.9 Å². The summed E-state index contributed by atoms with van der Waals surface area (Å²) in [5, 5.41) is 2.08. The summed E-state index contributed by atoms with van der Waals surface area (Å²) in [4.78, 5) is 5.01. The first-order valence-electron chi connectivity index (χ1n) is 28.8. The van der Waals surface area contributed by atoms with Gasteiger partial charge in [-0.3, -0.25) is 4.57 Å². The third-order valence-corrected chi connectivity index (χ3v) is 14.8. The number of hydrogen-bond acceptors (Lipinski definition) is 2. The second-order valence-electron chi connectivity index (χ2n) is 22.7. The second-order valence-corrected chi connectivity index (χ2v) is 22.7. The molecule has 0 amide bonds. The van der Waals surface area contributed by atoms with Gasteiger partial charge in [-0.1, -0.05) is 225 Å². The molecule has 0 saturated carbocycles. The molecule has 6 heteroatoms. The van der Waals surface area contributed by atoms with Gasteiger partial charge in [0, 0.05) is 44.3 Å². The maximum absolute atomic E-state index is 9.27. The first-order chi connectivity index (χ1) is 39.2. The molecule has 12 aromatic rings. The molecule has 3 aromatic heterocycles. The van der Waals surface area contributed by atoms with E-state index in [0.717, 1.165) is 78.5 Å². The van der Waals surface area contributed by atoms with Gasteiger partial charge in [0.2, 0.25) is 0 Å². The van der Waals surface area contributed by atoms with Crippen LogP contribution < -0.4 is 9.30 Å². The molecule has 0 N–H and O–H groups in total. The predicted octanol–water partition coefficient (Wildman–Crippen LogP) is 17.7. The number of aromatic nitrogens is 4. The number of benzene rings is 9. The number of para-hydroxylation sites is 3. The van der Waals surface area contributed by atoms with Gasteiger partial charge in [0.15, 0.2) is 0 Å². The summed E-state index contributed by atoms with van der Waals surface area (Å²) in [6, 6.07) is 67.7. The second kappa shape index (κ2) is 20.7. The Morgan fingerprint density at radius 1 is 0.538 bits per heavy atom. The summed E-state index contributed by atoms with van der Waals surface area (Å²) in [6.45, 7) is 17.8. The minimum absolute atomic E-state index is 0. The molecule has 0 atom stereocenters. The van der Waals surface area contributed by atoms with E-state index in [-0.39, 0.29) is 55.0 Å². The summed E-state index contributed by atoms with van der Waals surface area (Å²) in [6.07, 6.45) is 6.40. The van der Waals surface area contributed by atoms with Crippen LogP contribution in [-0.4, -0.2) is 14.1 Å². The van der Waals surface area contributed by atoms with E-state index >= 15 is 0 Å². The van der Waals surface area contributed by atoms with Crippen molar-refractivity contribution in [1.29, 1.82) is 0 Å². The largest absolute Gasteiger partial charge is 0.510 e. The molecule has 78 heavy (non-hydrogen) atoms. The van der Waals surface area contributed by atoms with Crippen molar-refractivity contribution in [2.24, 2.45) is 0 Å². The van der Waals surface area contributed by atoms with Gasteiger partial charge < -0.3 is 13.9 Å². The Morgan fingerprint density at radius 2 is 1.21 bits per heavy atom. The molecule has 12 rings (SSSR count). The average molecular weight is 1200 g/mol. The van der Waals surface area contributed by atoms with Crippen molar-refractivity contribution >= 4 is 32.8 Å². The Hall–Kier alpha value is -8.11. The molecular weight excluding hydrogens is 1130 g/mol. The summed E-state index contributed by atoms with van der Waals surface area (Å²) in [5.41, 5.74) is 13.4. The quantitative estimate of drug-likeness (QED) is 0.0956. The van der Waals surface area contributed by atoms with Crippen LogP contribution in [0.3, 0.4) is 0 Å². The Bertz CT molecular complexity index is 4400. The standard InChI is InChI=1S/C72H62N4O.Pt/c1-70(2,3)55-41-53(42-56(44-55)71(4,5)6)61-31-21-30-60(51-24-14-10-15-25-51)69(61)75-48-74(65-32-18-19-33-66(65)75)57-28-20-29-58(45-57)77-59-35-36-62-63-43-52(50-22-12-9-13-23-50)34-37-64(63)76(67(62)46-59)68-40-49(38-39-73-68)47-72(7,8)54-26-16-11-17-27-54;/h9-44H,47H2,1-8H3;/q-2;/i10D,14D,15D,24D,25D;. The normalized spacial score (nSPS) is 12.9. The zero-order chi connectivity index (χ0) is 57.4. The molecule has 0 aliphatic rings. The maximum atomic E-state index is 9.27. The molecule has 0 spiro atoms. The van der Waals surface area contributed by atoms with Crippen molar-refractivity contribution in [2.75, 3.05) is 0 Å². The molecule has 9 aromatic carbocycles. The number of pyridine rings is 1. The van der Waals surface area contributed by atoms with Crippen LogP contribution in [0.1, 0.15) is 84.5 Å². The van der Waals surface area contributed by atoms with E-state index < -0.39 is 18.1 Å². The van der Waals surface area contributed by atoms with Crippen LogP contribution in [-0.2, 0) is 43.7 Å². The van der Waals surface area contributed by atoms with Crippen LogP contribution in [0.5, 0.6) is 11.5 Å². The zero-order valence-corrected chi connectivity index (χ0v) is 47.4. The van der Waals surface area contributed by atoms with Crippen molar-refractivity contribution in [3.05, 3.63) is 259 Å². The molecule has 0 saturated heterocycles. The minimum atomic E-state index is -0.448. The fraction of sp³-hybridized carbons (Fsp3) is 0.167. The van der Waals surface area contributed by atoms with E-state index in [1.54, 1.807) is 0 Å². The van der Waals surface area contributed by atoms with Gasteiger partial charge in [0.1, 0.15) is 5.82 Å². The van der Waals surface area contributed by atoms with Crippen molar-refractivity contribution in [2.45, 2.75) is 78.1 Å². The smallest absolute Gasteiger partial charge is 0.268 e. The minimum Gasteiger partial charge on any atom is -0.510 e. The first-order valence-corrected chi connectivity index (χ1v) is 26.3. The Kier molecular flexibility index (Phi) is 12.2. The van der Waals surface area contributed by atoms with Gasteiger partial charge in [-0.15, -0.1) is 29.7 Å². The number of imidazole rings is 1. The zero-order valence-electron chi connectivity index (χ0n) is 50.1. The number of ether oxygens (including phenoxy) is 1. The third-order valence-electron chi connectivity index (χ3n) is 14.8. The van der Waals surface area contributed by atoms with Gasteiger partial charge in [-0.25, -0.2) is 4.98 Å². The monoisotopic (exact) mass is 1200 g/mol. The van der Waals surface area contributed by atoms with Crippen LogP contribution in [0, 0.1) is 18.5 Å². The first kappa shape index (κ1) is 46.0. The summed E-state index contributed by atoms with van der Waals surface area (Å²) >= 11 is 0. The fourth-order valence-electron chi connectivity index (χ4n) is 10.6. The Balaban J connectivity index is 0.00000721. The number of hydrogen-bond donors (Lipinski definition) is 0. The molecule has 0 aliphatic heterocycles. The summed E-state index contributed by atoms with van der Waals surface area (Å²) in [5.74, 6) is 1.74. The summed E-state index contributed by atoms with van der Waals surface area (Å²) < 4.78 is 57.5. The molecule has 0 aliphatic carbocycles. The van der Waals surface area contributed by atoms with Gasteiger partial charge in [-0.2, -0.15) is 18.2 Å². The van der Waals surface area contributed by atoms with E-state index in [9.17, 15) is 2.74 Å². The van der Waals surface area contributed by atoms with Crippen LogP contribution in [0.2, 0.25) is 0 Å². The molecular formula is C72H62N4OPt-2. The van der Waals surface area contributed by atoms with Crippen molar-refractivity contribution < 1.29 is 37.2 Å². The molecule has 0 radical (unpaired) electrons. The molecule has 388 valence electrons. The van der Waals surface area contributed by atoms with E-state index in [1.807, 2.05) is 88.1 Å². The Labute approximate surface area is 480 Å². The molecule has 0 fully saturated rings. The van der Waals surface area contributed by atoms with Crippen molar-refractivity contribution in [3.63, 3.8) is 0 Å². The number of nitrogens with zero attached hydrogens (tertiary/aromatic N) is 4. The van der Waals surface area contributed by atoms with Gasteiger partial charge in [0.05, 0.1) is 23.6 Å². The average Bonchev–Trinajstić information content (AvgIpc) is 4.28. The van der Waals surface area contributed by atoms with Crippen molar-refractivity contribution in [1.82, 2.24) is 14.1 Å². The van der Waals surface area contributed by atoms with Crippen LogP contribution in [0.4, 0.5) is 0 Å². The van der Waals surface area contributed by atoms with E-state index in [0.29, 0.717) is 28.4 Å². The molecule has 0 unspecified atom stereocenters. The fourth-order valence-corrected chi connectivity index (χ4v) is 10.6. The number of fused-ring (bicyclic) bond motifs is 4. The SMILES string of the molecule is [2H]c1c([2H])c([2H])c(-c2cccc(-c3cc(C(C)(C)C)cc(C(C)(C)C)c3)c2-[n+]2[c-]n(-c3[c-]c(Oc4[c-]c5c(cc4)c4cc(-c6ccccc6)ccc4n5-c4cc(CC(C)(C)c5ccccc5)ccn4)ccc3)c3ccccc32)c([2H])c1[2H].[Pt]. The van der Waals surface area contributed by atoms with E-state index in [4.69, 9.17) is 13.8 Å². The Morgan fingerprint density at radius 3 is 1.94 bits per heavy atom. The van der Waals surface area contributed by atoms with Crippen molar-refractivity contribution in [3.8, 4) is 62.1 Å². The van der Waals surface area contributed by atoms with Crippen LogP contribution in [0.25, 0.3) is 83.4 Å². The molecule has 5 nitrogen and oxygen atoms in total. The number of rotatable bonds is 11. The van der Waals surface area contributed by atoms with E-state index in [1.165, 1.54) is 11.1 Å². The van der Waals surface area contributed by atoms with Crippen LogP contribution in [0.15, 0.2) is 218 Å². The van der Waals surface area contributed by atoms with Gasteiger partial charge >= 0.3 is 0 Å². The van der Waals surface area contributed by atoms with E-state index in [2.05, 4.69) is 188 Å². The van der Waals surface area contributed by atoms with Gasteiger partial charge in [-0.05, 0) is 108 Å². The summed E-state index contributed by atoms with van der Waals surface area (Å²) in [7, 11) is 0. The predicted molar refractivity (Wildman–Crippen MR) is 317 cm³/mol. The molecule has 3 heterocycles. The maximum Gasteiger partial charge on any atom is 0.268 e. The van der Waals surface area contributed by atoms with Gasteiger partial charge in [0.25, 0.3) is 6.33 Å². The third kappa shape index (κ3) is 10.0.